The van der Waals surface area contributed by atoms with E-state index in [4.69, 9.17) is 14.2 Å². The number of hydrogen-bond donors (Lipinski definition) is 2. The molecule has 0 radical (unpaired) electrons. The van der Waals surface area contributed by atoms with Crippen LogP contribution in [0.25, 0.3) is 11.3 Å². The molecule has 0 unspecified atom stereocenters. The zero-order chi connectivity index (χ0) is 21.9. The van der Waals surface area contributed by atoms with E-state index >= 15 is 0 Å². The van der Waals surface area contributed by atoms with Gasteiger partial charge in [0.15, 0.2) is 6.10 Å². The average Bonchev–Trinajstić information content (AvgIpc) is 3.39. The van der Waals surface area contributed by atoms with Crippen molar-refractivity contribution in [2.45, 2.75) is 31.3 Å². The molecule has 2 aliphatic heterocycles. The third kappa shape index (κ3) is 4.42. The lowest BCUT2D eigenvalue weighted by Gasteiger charge is -2.18. The summed E-state index contributed by atoms with van der Waals surface area (Å²) >= 11 is 0. The van der Waals surface area contributed by atoms with E-state index in [2.05, 4.69) is 20.6 Å². The number of hydrogen-bond acceptors (Lipinski definition) is 7. The average molecular weight is 432 g/mol. The zero-order valence-electron chi connectivity index (χ0n) is 17.6. The summed E-state index contributed by atoms with van der Waals surface area (Å²) in [6, 6.07) is 19.2. The van der Waals surface area contributed by atoms with Crippen LogP contribution in [0.3, 0.4) is 0 Å². The van der Waals surface area contributed by atoms with E-state index in [1.807, 2.05) is 67.6 Å². The molecular weight excluding hydrogens is 408 g/mol. The van der Waals surface area contributed by atoms with Crippen LogP contribution in [0, 0.1) is 6.92 Å². The molecule has 0 spiro atoms. The quantitative estimate of drug-likeness (QED) is 0.636. The Labute approximate surface area is 185 Å². The van der Waals surface area contributed by atoms with Crippen LogP contribution in [0.4, 0.5) is 16.4 Å². The number of ether oxygens (including phenoxy) is 3. The van der Waals surface area contributed by atoms with Crippen LogP contribution in [0.2, 0.25) is 0 Å². The van der Waals surface area contributed by atoms with Crippen molar-refractivity contribution < 1.29 is 19.0 Å². The molecule has 164 valence electrons. The number of rotatable bonds is 5. The lowest BCUT2D eigenvalue weighted by Crippen LogP contribution is -2.38. The van der Waals surface area contributed by atoms with E-state index in [0.717, 1.165) is 16.8 Å². The Morgan fingerprint density at radius 3 is 2.59 bits per heavy atom. The minimum atomic E-state index is -0.526. The summed E-state index contributed by atoms with van der Waals surface area (Å²) in [6.07, 6.45) is 0.127. The second-order valence-electron chi connectivity index (χ2n) is 7.91. The lowest BCUT2D eigenvalue weighted by atomic mass is 10.1. The molecule has 4 atom stereocenters. The summed E-state index contributed by atoms with van der Waals surface area (Å²) < 4.78 is 17.4. The summed E-state index contributed by atoms with van der Waals surface area (Å²) in [4.78, 5) is 21.3. The van der Waals surface area contributed by atoms with Gasteiger partial charge in [-0.05, 0) is 25.1 Å². The van der Waals surface area contributed by atoms with E-state index in [1.165, 1.54) is 0 Å². The van der Waals surface area contributed by atoms with Gasteiger partial charge in [0.05, 0.1) is 24.9 Å². The molecule has 32 heavy (non-hydrogen) atoms. The van der Waals surface area contributed by atoms with E-state index in [0.29, 0.717) is 18.2 Å². The number of benzene rings is 2. The third-order valence-corrected chi connectivity index (χ3v) is 5.60. The van der Waals surface area contributed by atoms with E-state index in [9.17, 15) is 4.79 Å². The fraction of sp³-hybridized carbons (Fsp3) is 0.292. The molecule has 2 N–H and O–H groups in total. The fourth-order valence-corrected chi connectivity index (χ4v) is 3.97. The van der Waals surface area contributed by atoms with Crippen molar-refractivity contribution in [3.05, 3.63) is 72.4 Å². The summed E-state index contributed by atoms with van der Waals surface area (Å²) in [5, 5.41) is 6.05. The first-order valence-electron chi connectivity index (χ1n) is 10.6. The topological polar surface area (TPSA) is 94.6 Å². The second-order valence-corrected chi connectivity index (χ2v) is 7.91. The van der Waals surface area contributed by atoms with Crippen LogP contribution in [0.1, 0.15) is 5.56 Å². The van der Waals surface area contributed by atoms with Gasteiger partial charge in [-0.3, -0.25) is 5.32 Å². The van der Waals surface area contributed by atoms with Crippen LogP contribution in [-0.2, 0) is 14.2 Å². The maximum absolute atomic E-state index is 12.3. The van der Waals surface area contributed by atoms with Crippen molar-refractivity contribution >= 4 is 17.7 Å². The van der Waals surface area contributed by atoms with E-state index in [-0.39, 0.29) is 24.9 Å². The first kappa shape index (κ1) is 20.4. The molecule has 8 heteroatoms. The fourth-order valence-electron chi connectivity index (χ4n) is 3.97. The van der Waals surface area contributed by atoms with Crippen molar-refractivity contribution in [1.82, 2.24) is 9.97 Å². The Morgan fingerprint density at radius 2 is 1.78 bits per heavy atom. The molecule has 3 aromatic rings. The summed E-state index contributed by atoms with van der Waals surface area (Å²) in [7, 11) is 0. The van der Waals surface area contributed by atoms with Gasteiger partial charge >= 0.3 is 6.09 Å². The van der Waals surface area contributed by atoms with Crippen molar-refractivity contribution in [2.24, 2.45) is 0 Å². The van der Waals surface area contributed by atoms with Gasteiger partial charge in [-0.2, -0.15) is 0 Å². The number of anilines is 2. The molecule has 1 amide bonds. The van der Waals surface area contributed by atoms with Crippen LogP contribution < -0.4 is 10.6 Å². The molecule has 2 aliphatic rings. The molecule has 1 aromatic heterocycles. The van der Waals surface area contributed by atoms with Crippen molar-refractivity contribution in [2.75, 3.05) is 23.8 Å². The van der Waals surface area contributed by atoms with Crippen LogP contribution in [-0.4, -0.2) is 53.6 Å². The zero-order valence-corrected chi connectivity index (χ0v) is 17.6. The number of aryl methyl sites for hydroxylation is 1. The van der Waals surface area contributed by atoms with Crippen LogP contribution in [0.15, 0.2) is 66.9 Å². The predicted octanol–water partition coefficient (Wildman–Crippen LogP) is 3.65. The maximum Gasteiger partial charge on any atom is 0.412 e. The predicted molar refractivity (Wildman–Crippen MR) is 119 cm³/mol. The Hall–Kier alpha value is -3.49. The molecule has 5 rings (SSSR count). The highest BCUT2D eigenvalue weighted by atomic mass is 16.6. The monoisotopic (exact) mass is 432 g/mol. The molecule has 0 bridgehead atoms. The number of aromatic nitrogens is 2. The van der Waals surface area contributed by atoms with Gasteiger partial charge in [0.25, 0.3) is 0 Å². The molecule has 2 fully saturated rings. The largest absolute Gasteiger partial charge is 0.441 e. The van der Waals surface area contributed by atoms with Crippen LogP contribution >= 0.6 is 0 Å². The minimum Gasteiger partial charge on any atom is -0.441 e. The van der Waals surface area contributed by atoms with Crippen molar-refractivity contribution in [3.8, 4) is 11.3 Å². The van der Waals surface area contributed by atoms with Gasteiger partial charge in [0.1, 0.15) is 12.2 Å². The number of fused-ring (bicyclic) bond motifs is 1. The van der Waals surface area contributed by atoms with Gasteiger partial charge in [0, 0.05) is 17.4 Å². The molecule has 0 saturated carbocycles. The maximum atomic E-state index is 12.3. The Kier molecular flexibility index (Phi) is 5.70. The van der Waals surface area contributed by atoms with Crippen molar-refractivity contribution in [3.63, 3.8) is 0 Å². The number of nitrogens with one attached hydrogen (secondary N) is 2. The second kappa shape index (κ2) is 8.94. The number of amides is 1. The van der Waals surface area contributed by atoms with E-state index < -0.39 is 12.2 Å². The molecule has 0 aliphatic carbocycles. The Morgan fingerprint density at radius 1 is 1.00 bits per heavy atom. The lowest BCUT2D eigenvalue weighted by molar-refractivity contribution is 0.00917. The summed E-state index contributed by atoms with van der Waals surface area (Å²) in [5.74, 6) is 0.505. The van der Waals surface area contributed by atoms with Gasteiger partial charge in [-0.25, -0.2) is 14.8 Å². The molecule has 3 heterocycles. The smallest absolute Gasteiger partial charge is 0.412 e. The highest BCUT2D eigenvalue weighted by molar-refractivity contribution is 5.84. The highest BCUT2D eigenvalue weighted by Crippen LogP contribution is 2.30. The first-order chi connectivity index (χ1) is 15.7. The standard InChI is InChI=1S/C24H24N4O4/c1-15-7-9-17(10-8-15)26-24(29)32-20-14-31-21-19(13-30-22(20)21)28-23-25-12-11-18(27-23)16-5-3-2-4-6-16/h2-12,19-22H,13-14H2,1H3,(H,26,29)(H,25,27,28)/t19-,20+,21+,22+/m0/s1. The van der Waals surface area contributed by atoms with Gasteiger partial charge < -0.3 is 19.5 Å². The third-order valence-electron chi connectivity index (χ3n) is 5.60. The number of carbonyl (C=O) groups excluding carboxylic acids is 1. The number of nitrogens with zero attached hydrogens (tertiary/aromatic N) is 2. The SMILES string of the molecule is Cc1ccc(NC(=O)O[C@@H]2CO[C@H]3[C@@H]2OC[C@@H]3Nc2nccc(-c3ccccc3)n2)cc1. The van der Waals surface area contributed by atoms with Gasteiger partial charge in [-0.15, -0.1) is 0 Å². The molecule has 2 aromatic carbocycles. The van der Waals surface area contributed by atoms with Crippen LogP contribution in [0.5, 0.6) is 0 Å². The molecule has 2 saturated heterocycles. The molecule has 8 nitrogen and oxygen atoms in total. The highest BCUT2D eigenvalue weighted by Gasteiger charge is 2.49. The van der Waals surface area contributed by atoms with E-state index in [1.54, 1.807) is 6.20 Å². The summed E-state index contributed by atoms with van der Waals surface area (Å²) in [5.41, 5.74) is 3.65. The molecular formula is C24H24N4O4. The normalized spacial score (nSPS) is 24.0. The van der Waals surface area contributed by atoms with Crippen molar-refractivity contribution in [1.29, 1.82) is 0 Å². The summed E-state index contributed by atoms with van der Waals surface area (Å²) in [6.45, 7) is 2.68. The minimum absolute atomic E-state index is 0.139. The van der Waals surface area contributed by atoms with Gasteiger partial charge in [0.2, 0.25) is 5.95 Å². The first-order valence-corrected chi connectivity index (χ1v) is 10.6. The Balaban J connectivity index is 1.19. The van der Waals surface area contributed by atoms with Gasteiger partial charge in [-0.1, -0.05) is 48.0 Å². The Bertz CT molecular complexity index is 1080. The number of carbonyl (C=O) groups is 1.